The van der Waals surface area contributed by atoms with Crippen molar-refractivity contribution in [2.24, 2.45) is 5.92 Å². The Morgan fingerprint density at radius 1 is 1.25 bits per heavy atom. The average Bonchev–Trinajstić information content (AvgIpc) is 2.39. The summed E-state index contributed by atoms with van der Waals surface area (Å²) in [7, 11) is 2.12. The number of aromatic nitrogens is 2. The first-order chi connectivity index (χ1) is 9.54. The third kappa shape index (κ3) is 4.16. The van der Waals surface area contributed by atoms with E-state index < -0.39 is 0 Å². The van der Waals surface area contributed by atoms with E-state index in [1.807, 2.05) is 26.0 Å². The van der Waals surface area contributed by atoms with Crippen molar-refractivity contribution < 1.29 is 4.79 Å². The molecule has 0 radical (unpaired) electrons. The summed E-state index contributed by atoms with van der Waals surface area (Å²) in [6.07, 6.45) is 0.502. The Balaban J connectivity index is 1.91. The molecule has 0 spiro atoms. The third-order valence-corrected chi connectivity index (χ3v) is 3.34. The SMILES string of the molecule is CC(C)CC(=O)Nc1ccc(N2CCN(C)CC2)nn1. The number of nitrogens with one attached hydrogen (secondary N) is 1. The Bertz CT molecular complexity index is 437. The fourth-order valence-electron chi connectivity index (χ4n) is 2.16. The van der Waals surface area contributed by atoms with Crippen LogP contribution in [0.2, 0.25) is 0 Å². The molecule has 20 heavy (non-hydrogen) atoms. The van der Waals surface area contributed by atoms with E-state index >= 15 is 0 Å². The van der Waals surface area contributed by atoms with Crippen LogP contribution in [0.1, 0.15) is 20.3 Å². The highest BCUT2D eigenvalue weighted by molar-refractivity contribution is 5.89. The van der Waals surface area contributed by atoms with E-state index in [1.54, 1.807) is 0 Å². The highest BCUT2D eigenvalue weighted by Gasteiger charge is 2.15. The van der Waals surface area contributed by atoms with Gasteiger partial charge in [0.05, 0.1) is 0 Å². The Morgan fingerprint density at radius 2 is 1.95 bits per heavy atom. The summed E-state index contributed by atoms with van der Waals surface area (Å²) in [5, 5.41) is 11.1. The molecule has 0 aliphatic carbocycles. The summed E-state index contributed by atoms with van der Waals surface area (Å²) >= 11 is 0. The van der Waals surface area contributed by atoms with Crippen LogP contribution in [0.3, 0.4) is 0 Å². The molecule has 0 unspecified atom stereocenters. The maximum atomic E-state index is 11.7. The van der Waals surface area contributed by atoms with E-state index in [2.05, 4.69) is 32.4 Å². The van der Waals surface area contributed by atoms with Crippen molar-refractivity contribution >= 4 is 17.5 Å². The van der Waals surface area contributed by atoms with Gasteiger partial charge in [-0.3, -0.25) is 4.79 Å². The van der Waals surface area contributed by atoms with Gasteiger partial charge in [0.1, 0.15) is 0 Å². The van der Waals surface area contributed by atoms with Crippen molar-refractivity contribution in [3.05, 3.63) is 12.1 Å². The van der Waals surface area contributed by atoms with Crippen LogP contribution >= 0.6 is 0 Å². The number of amides is 1. The van der Waals surface area contributed by atoms with Crippen LogP contribution in [0.25, 0.3) is 0 Å². The van der Waals surface area contributed by atoms with Crippen LogP contribution in [0, 0.1) is 5.92 Å². The zero-order chi connectivity index (χ0) is 14.5. The number of hydrogen-bond acceptors (Lipinski definition) is 5. The van der Waals surface area contributed by atoms with Gasteiger partial charge < -0.3 is 15.1 Å². The van der Waals surface area contributed by atoms with E-state index in [9.17, 15) is 4.79 Å². The molecule has 6 nitrogen and oxygen atoms in total. The third-order valence-electron chi connectivity index (χ3n) is 3.34. The lowest BCUT2D eigenvalue weighted by Crippen LogP contribution is -2.44. The molecule has 1 N–H and O–H groups in total. The highest BCUT2D eigenvalue weighted by atomic mass is 16.1. The van der Waals surface area contributed by atoms with Gasteiger partial charge in [0.25, 0.3) is 0 Å². The monoisotopic (exact) mass is 277 g/mol. The molecule has 1 aromatic heterocycles. The Morgan fingerprint density at radius 3 is 2.50 bits per heavy atom. The van der Waals surface area contributed by atoms with Gasteiger partial charge in [-0.25, -0.2) is 0 Å². The van der Waals surface area contributed by atoms with E-state index in [0.29, 0.717) is 18.2 Å². The number of nitrogens with zero attached hydrogens (tertiary/aromatic N) is 4. The second-order valence-electron chi connectivity index (χ2n) is 5.71. The first kappa shape index (κ1) is 14.7. The molecule has 0 saturated carbocycles. The number of carbonyl (C=O) groups is 1. The van der Waals surface area contributed by atoms with Gasteiger partial charge in [-0.2, -0.15) is 0 Å². The van der Waals surface area contributed by atoms with E-state index in [0.717, 1.165) is 32.0 Å². The standard InChI is InChI=1S/C14H23N5O/c1-11(2)10-14(20)15-12-4-5-13(17-16-12)19-8-6-18(3)7-9-19/h4-5,11H,6-10H2,1-3H3,(H,15,16,20). The van der Waals surface area contributed by atoms with Crippen LogP contribution in [-0.2, 0) is 4.79 Å². The molecule has 2 heterocycles. The Labute approximate surface area is 120 Å². The smallest absolute Gasteiger partial charge is 0.225 e. The Hall–Kier alpha value is -1.69. The van der Waals surface area contributed by atoms with Crippen molar-refractivity contribution in [1.82, 2.24) is 15.1 Å². The van der Waals surface area contributed by atoms with Gasteiger partial charge in [0.2, 0.25) is 5.91 Å². The molecule has 1 saturated heterocycles. The summed E-state index contributed by atoms with van der Waals surface area (Å²) in [6.45, 7) is 8.03. The van der Waals surface area contributed by atoms with Crippen molar-refractivity contribution in [3.8, 4) is 0 Å². The highest BCUT2D eigenvalue weighted by Crippen LogP contribution is 2.14. The summed E-state index contributed by atoms with van der Waals surface area (Å²) in [5.74, 6) is 1.72. The number of anilines is 2. The molecule has 0 atom stereocenters. The zero-order valence-corrected chi connectivity index (χ0v) is 12.5. The largest absolute Gasteiger partial charge is 0.353 e. The van der Waals surface area contributed by atoms with Crippen molar-refractivity contribution in [2.45, 2.75) is 20.3 Å². The summed E-state index contributed by atoms with van der Waals surface area (Å²) in [4.78, 5) is 16.2. The first-order valence-electron chi connectivity index (χ1n) is 7.11. The number of likely N-dealkylation sites (N-methyl/N-ethyl adjacent to an activating group) is 1. The fraction of sp³-hybridized carbons (Fsp3) is 0.643. The molecule has 1 aliphatic heterocycles. The van der Waals surface area contributed by atoms with Gasteiger partial charge >= 0.3 is 0 Å². The number of hydrogen-bond donors (Lipinski definition) is 1. The van der Waals surface area contributed by atoms with Crippen LogP contribution in [-0.4, -0.2) is 54.2 Å². The van der Waals surface area contributed by atoms with Gasteiger partial charge in [0.15, 0.2) is 11.6 Å². The maximum absolute atomic E-state index is 11.7. The van der Waals surface area contributed by atoms with E-state index in [-0.39, 0.29) is 5.91 Å². The minimum atomic E-state index is -0.0124. The molecule has 110 valence electrons. The lowest BCUT2D eigenvalue weighted by Gasteiger charge is -2.32. The van der Waals surface area contributed by atoms with Crippen LogP contribution < -0.4 is 10.2 Å². The van der Waals surface area contributed by atoms with Gasteiger partial charge in [-0.1, -0.05) is 13.8 Å². The molecule has 0 aromatic carbocycles. The predicted octanol–water partition coefficient (Wildman–Crippen LogP) is 1.21. The van der Waals surface area contributed by atoms with Crippen molar-refractivity contribution in [3.63, 3.8) is 0 Å². The molecular formula is C14H23N5O. The average molecular weight is 277 g/mol. The van der Waals surface area contributed by atoms with Crippen LogP contribution in [0.15, 0.2) is 12.1 Å². The van der Waals surface area contributed by atoms with Crippen LogP contribution in [0.4, 0.5) is 11.6 Å². The normalized spacial score (nSPS) is 16.5. The topological polar surface area (TPSA) is 61.4 Å². The number of piperazine rings is 1. The molecule has 1 amide bonds. The fourth-order valence-corrected chi connectivity index (χ4v) is 2.16. The minimum absolute atomic E-state index is 0.0124. The number of rotatable bonds is 4. The van der Waals surface area contributed by atoms with E-state index in [4.69, 9.17) is 0 Å². The Kier molecular flexibility index (Phi) is 4.89. The molecule has 1 aliphatic rings. The second kappa shape index (κ2) is 6.65. The molecular weight excluding hydrogens is 254 g/mol. The summed E-state index contributed by atoms with van der Waals surface area (Å²) in [5.41, 5.74) is 0. The number of carbonyl (C=O) groups excluding carboxylic acids is 1. The zero-order valence-electron chi connectivity index (χ0n) is 12.5. The van der Waals surface area contributed by atoms with Crippen molar-refractivity contribution in [2.75, 3.05) is 43.4 Å². The summed E-state index contributed by atoms with van der Waals surface area (Å²) < 4.78 is 0. The van der Waals surface area contributed by atoms with Crippen LogP contribution in [0.5, 0.6) is 0 Å². The molecule has 1 aromatic rings. The van der Waals surface area contributed by atoms with Gasteiger partial charge in [-0.05, 0) is 25.1 Å². The summed E-state index contributed by atoms with van der Waals surface area (Å²) in [6, 6.07) is 3.74. The van der Waals surface area contributed by atoms with Crippen molar-refractivity contribution in [1.29, 1.82) is 0 Å². The van der Waals surface area contributed by atoms with Gasteiger partial charge in [0, 0.05) is 32.6 Å². The molecule has 2 rings (SSSR count). The quantitative estimate of drug-likeness (QED) is 0.896. The lowest BCUT2D eigenvalue weighted by atomic mass is 10.1. The predicted molar refractivity (Wildman–Crippen MR) is 79.8 cm³/mol. The molecule has 6 heteroatoms. The molecule has 1 fully saturated rings. The van der Waals surface area contributed by atoms with Gasteiger partial charge in [-0.15, -0.1) is 10.2 Å². The minimum Gasteiger partial charge on any atom is -0.353 e. The lowest BCUT2D eigenvalue weighted by molar-refractivity contribution is -0.116. The molecule has 0 bridgehead atoms. The van der Waals surface area contributed by atoms with E-state index in [1.165, 1.54) is 0 Å². The maximum Gasteiger partial charge on any atom is 0.225 e. The first-order valence-corrected chi connectivity index (χ1v) is 7.11. The second-order valence-corrected chi connectivity index (χ2v) is 5.71.